The molecule has 0 heterocycles. The third kappa shape index (κ3) is 5.31. The molecular weight excluding hydrogens is 296 g/mol. The van der Waals surface area contributed by atoms with Crippen molar-refractivity contribution in [2.45, 2.75) is 31.2 Å². The summed E-state index contributed by atoms with van der Waals surface area (Å²) in [7, 11) is -3.68. The molecule has 21 heavy (non-hydrogen) atoms. The van der Waals surface area contributed by atoms with E-state index in [1.54, 1.807) is 0 Å². The summed E-state index contributed by atoms with van der Waals surface area (Å²) in [5.41, 5.74) is -0.503. The Balaban J connectivity index is 2.86. The van der Waals surface area contributed by atoms with E-state index >= 15 is 0 Å². The predicted octanol–water partition coefficient (Wildman–Crippen LogP) is 1.77. The Morgan fingerprint density at radius 3 is 2.57 bits per heavy atom. The van der Waals surface area contributed by atoms with Gasteiger partial charge in [0.1, 0.15) is 4.90 Å². The van der Waals surface area contributed by atoms with Crippen molar-refractivity contribution in [2.24, 2.45) is 0 Å². The van der Waals surface area contributed by atoms with E-state index in [2.05, 4.69) is 5.32 Å². The van der Waals surface area contributed by atoms with E-state index in [1.807, 2.05) is 13.8 Å². The number of hydrogen-bond acceptors (Lipinski definition) is 6. The van der Waals surface area contributed by atoms with Crippen LogP contribution in [0.15, 0.2) is 23.1 Å². The van der Waals surface area contributed by atoms with Gasteiger partial charge >= 0.3 is 5.69 Å². The Bertz CT molecular complexity index is 599. The van der Waals surface area contributed by atoms with Gasteiger partial charge in [0.25, 0.3) is 0 Å². The minimum absolute atomic E-state index is 0.0209. The van der Waals surface area contributed by atoms with Crippen LogP contribution >= 0.6 is 0 Å². The van der Waals surface area contributed by atoms with Gasteiger partial charge in [0.2, 0.25) is 0 Å². The normalized spacial score (nSPS) is 11.6. The number of ether oxygens (including phenoxy) is 1. The minimum Gasteiger partial charge on any atom is -0.487 e. The second-order valence-electron chi connectivity index (χ2n) is 4.94. The Morgan fingerprint density at radius 1 is 1.38 bits per heavy atom. The third-order valence-corrected chi connectivity index (χ3v) is 3.80. The van der Waals surface area contributed by atoms with Crippen LogP contribution in [0.5, 0.6) is 5.75 Å². The van der Waals surface area contributed by atoms with Crippen molar-refractivity contribution in [3.05, 3.63) is 28.3 Å². The maximum absolute atomic E-state index is 11.6. The van der Waals surface area contributed by atoms with Crippen molar-refractivity contribution in [2.75, 3.05) is 19.4 Å². The molecule has 0 aliphatic heterocycles. The van der Waals surface area contributed by atoms with Crippen LogP contribution in [0, 0.1) is 10.1 Å². The molecule has 1 aromatic rings. The summed E-state index contributed by atoms with van der Waals surface area (Å²) in [5, 5.41) is 14.3. The first kappa shape index (κ1) is 17.4. The molecule has 0 unspecified atom stereocenters. The molecule has 1 N–H and O–H groups in total. The largest absolute Gasteiger partial charge is 0.487 e. The number of nitro benzene ring substituents is 1. The van der Waals surface area contributed by atoms with Crippen molar-refractivity contribution in [1.82, 2.24) is 5.32 Å². The minimum atomic E-state index is -3.68. The van der Waals surface area contributed by atoms with Crippen LogP contribution in [0.1, 0.15) is 20.3 Å². The third-order valence-electron chi connectivity index (χ3n) is 2.68. The topological polar surface area (TPSA) is 98.5 Å². The molecule has 0 spiro atoms. The number of para-hydroxylation sites is 1. The molecule has 7 nitrogen and oxygen atoms in total. The first-order valence-electron chi connectivity index (χ1n) is 6.57. The fraction of sp³-hybridized carbons (Fsp3) is 0.538. The quantitative estimate of drug-likeness (QED) is 0.446. The van der Waals surface area contributed by atoms with Gasteiger partial charge in [-0.1, -0.05) is 19.9 Å². The van der Waals surface area contributed by atoms with Gasteiger partial charge in [-0.25, -0.2) is 8.42 Å². The Morgan fingerprint density at radius 2 is 2.05 bits per heavy atom. The highest BCUT2D eigenvalue weighted by atomic mass is 32.2. The highest BCUT2D eigenvalue weighted by molar-refractivity contribution is 7.90. The molecule has 0 bridgehead atoms. The van der Waals surface area contributed by atoms with Crippen LogP contribution in [0.25, 0.3) is 0 Å². The molecule has 8 heteroatoms. The fourth-order valence-corrected chi connectivity index (χ4v) is 2.59. The van der Waals surface area contributed by atoms with Gasteiger partial charge in [0.05, 0.1) is 11.5 Å². The maximum atomic E-state index is 11.6. The molecule has 0 amide bonds. The van der Waals surface area contributed by atoms with Crippen molar-refractivity contribution in [1.29, 1.82) is 0 Å². The smallest absolute Gasteiger partial charge is 0.329 e. The summed E-state index contributed by atoms with van der Waals surface area (Å²) >= 11 is 0. The van der Waals surface area contributed by atoms with Gasteiger partial charge in [-0.2, -0.15) is 0 Å². The monoisotopic (exact) mass is 316 g/mol. The van der Waals surface area contributed by atoms with Crippen LogP contribution in [0.2, 0.25) is 0 Å². The van der Waals surface area contributed by atoms with Crippen LogP contribution in [-0.4, -0.2) is 38.8 Å². The standard InChI is InChI=1S/C13H20N2O5S/c1-10(2)14-8-5-9-20-11-6-4-7-12(21(3,18)19)13(11)15(16)17/h4,6-7,10,14H,5,8-9H2,1-3H3. The van der Waals surface area contributed by atoms with Crippen molar-refractivity contribution >= 4 is 15.5 Å². The first-order valence-corrected chi connectivity index (χ1v) is 8.46. The lowest BCUT2D eigenvalue weighted by Crippen LogP contribution is -2.24. The van der Waals surface area contributed by atoms with Gasteiger partial charge in [-0.05, 0) is 25.1 Å². The molecule has 0 atom stereocenters. The van der Waals surface area contributed by atoms with Crippen LogP contribution in [0.3, 0.4) is 0 Å². The molecule has 0 saturated heterocycles. The number of benzene rings is 1. The lowest BCUT2D eigenvalue weighted by atomic mass is 10.3. The summed E-state index contributed by atoms with van der Waals surface area (Å²) < 4.78 is 28.6. The number of nitro groups is 1. The molecule has 0 fully saturated rings. The van der Waals surface area contributed by atoms with E-state index in [0.29, 0.717) is 12.5 Å². The second kappa shape index (κ2) is 7.37. The predicted molar refractivity (Wildman–Crippen MR) is 79.5 cm³/mol. The Labute approximate surface area is 124 Å². The number of nitrogens with zero attached hydrogens (tertiary/aromatic N) is 1. The summed E-state index contributed by atoms with van der Waals surface area (Å²) in [6.07, 6.45) is 1.60. The lowest BCUT2D eigenvalue weighted by Gasteiger charge is -2.10. The lowest BCUT2D eigenvalue weighted by molar-refractivity contribution is -0.388. The van der Waals surface area contributed by atoms with Crippen molar-refractivity contribution in [3.63, 3.8) is 0 Å². The molecule has 0 aromatic heterocycles. The zero-order valence-electron chi connectivity index (χ0n) is 12.3. The highest BCUT2D eigenvalue weighted by Crippen LogP contribution is 2.33. The first-order chi connectivity index (χ1) is 9.73. The average molecular weight is 316 g/mol. The molecule has 0 aliphatic rings. The van der Waals surface area contributed by atoms with Crippen LogP contribution in [0.4, 0.5) is 5.69 Å². The number of sulfone groups is 1. The summed E-state index contributed by atoms with van der Waals surface area (Å²) in [6, 6.07) is 4.40. The molecule has 118 valence electrons. The highest BCUT2D eigenvalue weighted by Gasteiger charge is 2.27. The number of nitrogens with one attached hydrogen (secondary N) is 1. The number of rotatable bonds is 8. The van der Waals surface area contributed by atoms with Gasteiger partial charge in [-0.3, -0.25) is 10.1 Å². The molecule has 0 radical (unpaired) electrons. The fourth-order valence-electron chi connectivity index (χ4n) is 1.74. The summed E-state index contributed by atoms with van der Waals surface area (Å²) in [4.78, 5) is 10.1. The van der Waals surface area contributed by atoms with Crippen molar-refractivity contribution < 1.29 is 18.1 Å². The van der Waals surface area contributed by atoms with Crippen molar-refractivity contribution in [3.8, 4) is 5.75 Å². The van der Waals surface area contributed by atoms with Gasteiger partial charge < -0.3 is 10.1 Å². The number of hydrogen-bond donors (Lipinski definition) is 1. The molecule has 0 aliphatic carbocycles. The zero-order chi connectivity index (χ0) is 16.0. The van der Waals surface area contributed by atoms with E-state index < -0.39 is 20.4 Å². The second-order valence-corrected chi connectivity index (χ2v) is 6.93. The van der Waals surface area contributed by atoms with E-state index in [4.69, 9.17) is 4.74 Å². The van der Waals surface area contributed by atoms with Crippen LogP contribution in [-0.2, 0) is 9.84 Å². The SMILES string of the molecule is CC(C)NCCCOc1cccc(S(C)(=O)=O)c1[N+](=O)[O-]. The van der Waals surface area contributed by atoms with E-state index in [-0.39, 0.29) is 17.3 Å². The van der Waals surface area contributed by atoms with Gasteiger partial charge in [0.15, 0.2) is 15.6 Å². The Hall–Kier alpha value is -1.67. The van der Waals surface area contributed by atoms with E-state index in [0.717, 1.165) is 12.8 Å². The molecule has 1 aromatic carbocycles. The van der Waals surface area contributed by atoms with E-state index in [9.17, 15) is 18.5 Å². The maximum Gasteiger partial charge on any atom is 0.329 e. The summed E-state index contributed by atoms with van der Waals surface area (Å²) in [5.74, 6) is -0.0209. The van der Waals surface area contributed by atoms with Gasteiger partial charge in [-0.15, -0.1) is 0 Å². The van der Waals surface area contributed by atoms with E-state index in [1.165, 1.54) is 18.2 Å². The van der Waals surface area contributed by atoms with Gasteiger partial charge in [0, 0.05) is 12.3 Å². The zero-order valence-corrected chi connectivity index (χ0v) is 13.1. The Kier molecular flexibility index (Phi) is 6.10. The summed E-state index contributed by atoms with van der Waals surface area (Å²) in [6.45, 7) is 5.02. The molecule has 1 rings (SSSR count). The average Bonchev–Trinajstić information content (AvgIpc) is 2.36. The molecule has 0 saturated carbocycles. The van der Waals surface area contributed by atoms with Crippen LogP contribution < -0.4 is 10.1 Å². The molecular formula is C13H20N2O5S.